The van der Waals surface area contributed by atoms with Crippen molar-refractivity contribution in [1.29, 1.82) is 0 Å². The second kappa shape index (κ2) is 11.0. The fourth-order valence-electron chi connectivity index (χ4n) is 5.43. The number of amides is 1. The first kappa shape index (κ1) is 29.0. The van der Waals surface area contributed by atoms with Gasteiger partial charge in [-0.25, -0.2) is 17.2 Å². The van der Waals surface area contributed by atoms with Gasteiger partial charge >= 0.3 is 0 Å². The molecule has 2 aromatic carbocycles. The van der Waals surface area contributed by atoms with E-state index >= 15 is 0 Å². The second-order valence-electron chi connectivity index (χ2n) is 11.2. The monoisotopic (exact) mass is 587 g/mol. The van der Waals surface area contributed by atoms with E-state index in [9.17, 15) is 22.0 Å². The third-order valence-electron chi connectivity index (χ3n) is 7.64. The molecule has 0 spiro atoms. The number of aromatic nitrogens is 2. The number of carbonyl (C=O) groups excluding carboxylic acids is 1. The van der Waals surface area contributed by atoms with Crippen molar-refractivity contribution < 1.29 is 22.0 Å². The fraction of sp³-hybridized carbons (Fsp3) is 0.429. The summed E-state index contributed by atoms with van der Waals surface area (Å²) in [4.78, 5) is 17.6. The molecule has 0 radical (unpaired) electrons. The van der Waals surface area contributed by atoms with Crippen LogP contribution in [0.3, 0.4) is 0 Å². The number of sulfonamides is 1. The average Bonchev–Trinajstić information content (AvgIpc) is 3.32. The molecule has 13 heteroatoms. The number of anilines is 3. The number of halogens is 2. The summed E-state index contributed by atoms with van der Waals surface area (Å²) in [6, 6.07) is 7.90. The molecule has 2 aliphatic heterocycles. The minimum atomic E-state index is -4.25. The van der Waals surface area contributed by atoms with Crippen LogP contribution in [0.25, 0.3) is 0 Å². The Labute approximate surface area is 238 Å². The number of carbonyl (C=O) groups is 1. The minimum absolute atomic E-state index is 0.0500. The molecule has 1 amide bonds. The van der Waals surface area contributed by atoms with Crippen molar-refractivity contribution in [1.82, 2.24) is 19.4 Å². The molecule has 1 saturated heterocycles. The molecule has 0 aliphatic carbocycles. The maximum Gasteiger partial charge on any atom is 0.258 e. The number of nitrogens with zero attached hydrogens (tertiary/aromatic N) is 4. The van der Waals surface area contributed by atoms with Crippen LogP contribution in [0.15, 0.2) is 41.3 Å². The number of rotatable bonds is 7. The Morgan fingerprint density at radius 2 is 1.76 bits per heavy atom. The lowest BCUT2D eigenvalue weighted by Gasteiger charge is -2.36. The third kappa shape index (κ3) is 5.79. The van der Waals surface area contributed by atoms with Crippen molar-refractivity contribution in [2.75, 3.05) is 61.8 Å². The predicted octanol–water partition coefficient (Wildman–Crippen LogP) is 3.61. The summed E-state index contributed by atoms with van der Waals surface area (Å²) in [5.41, 5.74) is 2.59. The highest BCUT2D eigenvalue weighted by atomic mass is 32.2. The minimum Gasteiger partial charge on any atom is -0.385 e. The summed E-state index contributed by atoms with van der Waals surface area (Å²) in [5.74, 6) is -2.15. The van der Waals surface area contributed by atoms with E-state index in [0.29, 0.717) is 35.1 Å². The van der Waals surface area contributed by atoms with E-state index < -0.39 is 37.9 Å². The number of H-pyrrole nitrogens is 1. The molecule has 3 N–H and O–H groups in total. The summed E-state index contributed by atoms with van der Waals surface area (Å²) in [7, 11) is -2.15. The normalized spacial score (nSPS) is 17.8. The Bertz CT molecular complexity index is 1550. The van der Waals surface area contributed by atoms with E-state index in [1.807, 2.05) is 32.9 Å². The lowest BCUT2D eigenvalue weighted by molar-refractivity contribution is 0.102. The molecule has 2 aliphatic rings. The summed E-state index contributed by atoms with van der Waals surface area (Å²) >= 11 is 0. The van der Waals surface area contributed by atoms with Gasteiger partial charge in [-0.15, -0.1) is 0 Å². The van der Waals surface area contributed by atoms with Crippen LogP contribution in [0.4, 0.5) is 26.0 Å². The SMILES string of the molecule is CCNc1cc(N2CCN(C)CC2)ccc1C(=O)Nc1n[nH]c2c1CN(S(=O)(=O)c1cc(F)cc(F)c1)CC2(C)C. The third-order valence-corrected chi connectivity index (χ3v) is 9.41. The number of benzene rings is 2. The number of aromatic amines is 1. The Hall–Kier alpha value is -3.55. The standard InChI is InChI=1S/C28H35F2N7O3S/c1-5-31-24-15-20(36-10-8-35(4)9-11-36)6-7-22(24)27(38)32-26-23-16-37(17-28(2,3)25(23)33-34-26)41(39,40)21-13-18(29)12-19(30)14-21/h6-7,12-15,31H,5,8-11,16-17H2,1-4H3,(H2,32,33,34,38). The first-order valence-electron chi connectivity index (χ1n) is 13.6. The topological polar surface area (TPSA) is 114 Å². The van der Waals surface area contributed by atoms with Gasteiger partial charge < -0.3 is 20.4 Å². The molecule has 1 fully saturated rings. The molecule has 3 aromatic rings. The van der Waals surface area contributed by atoms with Gasteiger partial charge in [-0.1, -0.05) is 13.8 Å². The Morgan fingerprint density at radius 3 is 2.41 bits per heavy atom. The smallest absolute Gasteiger partial charge is 0.258 e. The van der Waals surface area contributed by atoms with Gasteiger partial charge in [0.2, 0.25) is 10.0 Å². The number of hydrogen-bond donors (Lipinski definition) is 3. The fourth-order valence-corrected chi connectivity index (χ4v) is 7.05. The number of hydrogen-bond acceptors (Lipinski definition) is 7. The molecule has 10 nitrogen and oxygen atoms in total. The molecule has 1 aromatic heterocycles. The molecular formula is C28H35F2N7O3S. The summed E-state index contributed by atoms with van der Waals surface area (Å²) < 4.78 is 55.8. The average molecular weight is 588 g/mol. The van der Waals surface area contributed by atoms with E-state index in [2.05, 4.69) is 37.7 Å². The quantitative estimate of drug-likeness (QED) is 0.387. The van der Waals surface area contributed by atoms with Gasteiger partial charge in [0.15, 0.2) is 5.82 Å². The van der Waals surface area contributed by atoms with Crippen LogP contribution in [0.5, 0.6) is 0 Å². The van der Waals surface area contributed by atoms with E-state index in [4.69, 9.17) is 0 Å². The van der Waals surface area contributed by atoms with Gasteiger partial charge in [0, 0.05) is 79.9 Å². The highest BCUT2D eigenvalue weighted by Crippen LogP contribution is 2.38. The highest BCUT2D eigenvalue weighted by Gasteiger charge is 2.41. The van der Waals surface area contributed by atoms with Crippen LogP contribution >= 0.6 is 0 Å². The van der Waals surface area contributed by atoms with Gasteiger partial charge in [-0.3, -0.25) is 9.89 Å². The van der Waals surface area contributed by atoms with E-state index in [1.165, 1.54) is 0 Å². The zero-order valence-corrected chi connectivity index (χ0v) is 24.4. The predicted molar refractivity (Wildman–Crippen MR) is 154 cm³/mol. The van der Waals surface area contributed by atoms with E-state index in [-0.39, 0.29) is 18.9 Å². The van der Waals surface area contributed by atoms with Crippen molar-refractivity contribution in [3.05, 3.63) is 64.9 Å². The van der Waals surface area contributed by atoms with Crippen molar-refractivity contribution in [2.45, 2.75) is 37.6 Å². The van der Waals surface area contributed by atoms with Gasteiger partial charge in [-0.2, -0.15) is 9.40 Å². The molecule has 0 atom stereocenters. The second-order valence-corrected chi connectivity index (χ2v) is 13.1. The number of piperazine rings is 1. The zero-order chi connectivity index (χ0) is 29.5. The molecule has 0 unspecified atom stereocenters. The molecule has 0 bridgehead atoms. The number of fused-ring (bicyclic) bond motifs is 1. The summed E-state index contributed by atoms with van der Waals surface area (Å²) in [5, 5.41) is 13.4. The molecular weight excluding hydrogens is 552 g/mol. The number of nitrogens with one attached hydrogen (secondary N) is 3. The van der Waals surface area contributed by atoms with Crippen LogP contribution in [-0.4, -0.2) is 80.0 Å². The summed E-state index contributed by atoms with van der Waals surface area (Å²) in [6.07, 6.45) is 0. The van der Waals surface area contributed by atoms with E-state index in [0.717, 1.165) is 48.3 Å². The van der Waals surface area contributed by atoms with Crippen LogP contribution in [0.1, 0.15) is 42.4 Å². The van der Waals surface area contributed by atoms with Gasteiger partial charge in [0.05, 0.1) is 10.5 Å². The van der Waals surface area contributed by atoms with Crippen LogP contribution in [-0.2, 0) is 22.0 Å². The first-order valence-corrected chi connectivity index (χ1v) is 15.0. The maximum absolute atomic E-state index is 13.9. The van der Waals surface area contributed by atoms with Crippen LogP contribution < -0.4 is 15.5 Å². The number of likely N-dealkylation sites (N-methyl/N-ethyl adjacent to an activating group) is 1. The Balaban J connectivity index is 1.42. The summed E-state index contributed by atoms with van der Waals surface area (Å²) in [6.45, 7) is 9.87. The van der Waals surface area contributed by atoms with Crippen LogP contribution in [0, 0.1) is 11.6 Å². The van der Waals surface area contributed by atoms with Crippen molar-refractivity contribution >= 4 is 33.1 Å². The molecule has 3 heterocycles. The van der Waals surface area contributed by atoms with Gasteiger partial charge in [-0.05, 0) is 44.3 Å². The maximum atomic E-state index is 13.9. The van der Waals surface area contributed by atoms with Crippen molar-refractivity contribution in [2.24, 2.45) is 0 Å². The van der Waals surface area contributed by atoms with Crippen LogP contribution in [0.2, 0.25) is 0 Å². The Kier molecular flexibility index (Phi) is 7.79. The lowest BCUT2D eigenvalue weighted by atomic mass is 9.84. The van der Waals surface area contributed by atoms with Crippen molar-refractivity contribution in [3.63, 3.8) is 0 Å². The Morgan fingerprint density at radius 1 is 1.07 bits per heavy atom. The van der Waals surface area contributed by atoms with Crippen molar-refractivity contribution in [3.8, 4) is 0 Å². The molecule has 220 valence electrons. The first-order chi connectivity index (χ1) is 19.4. The van der Waals surface area contributed by atoms with E-state index in [1.54, 1.807) is 6.07 Å². The lowest BCUT2D eigenvalue weighted by Crippen LogP contribution is -2.45. The molecule has 41 heavy (non-hydrogen) atoms. The zero-order valence-electron chi connectivity index (χ0n) is 23.6. The molecule has 0 saturated carbocycles. The van der Waals surface area contributed by atoms with Gasteiger partial charge in [0.25, 0.3) is 5.91 Å². The largest absolute Gasteiger partial charge is 0.385 e. The van der Waals surface area contributed by atoms with Gasteiger partial charge in [0.1, 0.15) is 11.6 Å². The molecule has 5 rings (SSSR count). The highest BCUT2D eigenvalue weighted by molar-refractivity contribution is 7.89.